The zero-order chi connectivity index (χ0) is 22.2. The number of amides is 2. The molecular weight excluding hydrogens is 436 g/mol. The van der Waals surface area contributed by atoms with Gasteiger partial charge in [0.25, 0.3) is 5.91 Å². The maximum absolute atomic E-state index is 12.3. The van der Waals surface area contributed by atoms with Crippen LogP contribution in [-0.4, -0.2) is 31.8 Å². The number of benzene rings is 3. The van der Waals surface area contributed by atoms with Gasteiger partial charge in [-0.3, -0.25) is 9.59 Å². The van der Waals surface area contributed by atoms with E-state index in [1.54, 1.807) is 61.7 Å². The average molecular weight is 457 g/mol. The fourth-order valence-corrected chi connectivity index (χ4v) is 3.59. The molecule has 0 spiro atoms. The summed E-state index contributed by atoms with van der Waals surface area (Å²) in [5.41, 5.74) is 1.71. The highest BCUT2D eigenvalue weighted by Crippen LogP contribution is 2.29. The summed E-state index contributed by atoms with van der Waals surface area (Å²) in [6.07, 6.45) is 0. The van der Waals surface area contributed by atoms with Crippen molar-refractivity contribution >= 4 is 46.6 Å². The summed E-state index contributed by atoms with van der Waals surface area (Å²) in [5, 5.41) is 6.16. The largest absolute Gasteiger partial charge is 0.497 e. The lowest BCUT2D eigenvalue weighted by atomic mass is 10.2. The van der Waals surface area contributed by atoms with E-state index in [-0.39, 0.29) is 17.6 Å². The monoisotopic (exact) mass is 456 g/mol. The van der Waals surface area contributed by atoms with Gasteiger partial charge in [-0.2, -0.15) is 0 Å². The summed E-state index contributed by atoms with van der Waals surface area (Å²) < 4.78 is 10.4. The number of halogens is 1. The molecule has 0 fully saturated rings. The molecular formula is C23H21ClN2O4S. The molecule has 6 nitrogen and oxygen atoms in total. The molecule has 0 aliphatic carbocycles. The number of carbonyl (C=O) groups is 2. The standard InChI is InChI=1S/C23H21ClN2O4S/c1-29-18-8-11-20(21(13-18)30-2)26-22(27)14-31-19-9-6-17(7-10-19)25-23(28)15-4-3-5-16(24)12-15/h3-13H,14H2,1-2H3,(H,25,28)(H,26,27). The topological polar surface area (TPSA) is 76.7 Å². The van der Waals surface area contributed by atoms with E-state index < -0.39 is 0 Å². The van der Waals surface area contributed by atoms with E-state index in [1.807, 2.05) is 12.1 Å². The Balaban J connectivity index is 1.53. The molecule has 31 heavy (non-hydrogen) atoms. The summed E-state index contributed by atoms with van der Waals surface area (Å²) >= 11 is 7.31. The van der Waals surface area contributed by atoms with Crippen LogP contribution < -0.4 is 20.1 Å². The van der Waals surface area contributed by atoms with Crippen LogP contribution in [-0.2, 0) is 4.79 Å². The molecule has 160 valence electrons. The van der Waals surface area contributed by atoms with Crippen LogP contribution in [0.15, 0.2) is 71.6 Å². The predicted molar refractivity (Wildman–Crippen MR) is 125 cm³/mol. The quantitative estimate of drug-likeness (QED) is 0.447. The number of hydrogen-bond donors (Lipinski definition) is 2. The first-order valence-electron chi connectivity index (χ1n) is 9.30. The third-order valence-electron chi connectivity index (χ3n) is 4.25. The zero-order valence-electron chi connectivity index (χ0n) is 17.0. The predicted octanol–water partition coefficient (Wildman–Crippen LogP) is 5.34. The number of carbonyl (C=O) groups excluding carboxylic acids is 2. The zero-order valence-corrected chi connectivity index (χ0v) is 18.5. The van der Waals surface area contributed by atoms with Crippen LogP contribution in [0, 0.1) is 0 Å². The summed E-state index contributed by atoms with van der Waals surface area (Å²) in [6.45, 7) is 0. The van der Waals surface area contributed by atoms with Crippen molar-refractivity contribution in [1.29, 1.82) is 0 Å². The summed E-state index contributed by atoms with van der Waals surface area (Å²) in [4.78, 5) is 25.5. The molecule has 2 N–H and O–H groups in total. The normalized spacial score (nSPS) is 10.3. The third kappa shape index (κ3) is 6.41. The van der Waals surface area contributed by atoms with E-state index in [9.17, 15) is 9.59 Å². The van der Waals surface area contributed by atoms with Crippen molar-refractivity contribution in [2.24, 2.45) is 0 Å². The molecule has 3 aromatic carbocycles. The van der Waals surface area contributed by atoms with Crippen LogP contribution in [0.2, 0.25) is 5.02 Å². The van der Waals surface area contributed by atoms with E-state index in [0.29, 0.717) is 33.5 Å². The van der Waals surface area contributed by atoms with E-state index in [1.165, 1.54) is 18.9 Å². The van der Waals surface area contributed by atoms with Gasteiger partial charge in [0.2, 0.25) is 5.91 Å². The number of rotatable bonds is 8. The van der Waals surface area contributed by atoms with Crippen molar-refractivity contribution in [2.75, 3.05) is 30.6 Å². The Kier molecular flexibility index (Phi) is 7.81. The number of nitrogens with one attached hydrogen (secondary N) is 2. The molecule has 0 saturated carbocycles. The number of methoxy groups -OCH3 is 2. The number of thioether (sulfide) groups is 1. The van der Waals surface area contributed by atoms with Gasteiger partial charge in [-0.1, -0.05) is 17.7 Å². The van der Waals surface area contributed by atoms with Gasteiger partial charge in [0.1, 0.15) is 11.5 Å². The molecule has 0 aliphatic heterocycles. The second kappa shape index (κ2) is 10.7. The lowest BCUT2D eigenvalue weighted by molar-refractivity contribution is -0.113. The van der Waals surface area contributed by atoms with Crippen molar-refractivity contribution in [3.8, 4) is 11.5 Å². The molecule has 0 unspecified atom stereocenters. The fraction of sp³-hybridized carbons (Fsp3) is 0.130. The summed E-state index contributed by atoms with van der Waals surface area (Å²) in [6, 6.07) is 19.2. The second-order valence-corrected chi connectivity index (χ2v) is 7.88. The second-order valence-electron chi connectivity index (χ2n) is 6.39. The van der Waals surface area contributed by atoms with Gasteiger partial charge in [0.15, 0.2) is 0 Å². The number of anilines is 2. The lowest BCUT2D eigenvalue weighted by Gasteiger charge is -2.11. The molecule has 3 rings (SSSR count). The van der Waals surface area contributed by atoms with Gasteiger partial charge in [0, 0.05) is 27.2 Å². The van der Waals surface area contributed by atoms with Crippen molar-refractivity contribution in [1.82, 2.24) is 0 Å². The number of ether oxygens (including phenoxy) is 2. The maximum Gasteiger partial charge on any atom is 0.255 e. The van der Waals surface area contributed by atoms with Crippen LogP contribution in [0.3, 0.4) is 0 Å². The molecule has 0 atom stereocenters. The third-order valence-corrected chi connectivity index (χ3v) is 5.50. The Morgan fingerprint density at radius 1 is 0.935 bits per heavy atom. The Labute approximate surface area is 189 Å². The Morgan fingerprint density at radius 2 is 1.71 bits per heavy atom. The SMILES string of the molecule is COc1ccc(NC(=O)CSc2ccc(NC(=O)c3cccc(Cl)c3)cc2)c(OC)c1. The minimum absolute atomic E-state index is 0.160. The fourth-order valence-electron chi connectivity index (χ4n) is 2.70. The average Bonchev–Trinajstić information content (AvgIpc) is 2.79. The molecule has 0 bridgehead atoms. The highest BCUT2D eigenvalue weighted by Gasteiger charge is 2.10. The summed E-state index contributed by atoms with van der Waals surface area (Å²) in [5.74, 6) is 0.996. The Hall–Kier alpha value is -3.16. The maximum atomic E-state index is 12.3. The highest BCUT2D eigenvalue weighted by molar-refractivity contribution is 8.00. The van der Waals surface area contributed by atoms with Crippen molar-refractivity contribution in [3.05, 3.63) is 77.3 Å². The van der Waals surface area contributed by atoms with Crippen LogP contribution in [0.4, 0.5) is 11.4 Å². The van der Waals surface area contributed by atoms with Crippen LogP contribution in [0.25, 0.3) is 0 Å². The van der Waals surface area contributed by atoms with Crippen LogP contribution in [0.5, 0.6) is 11.5 Å². The van der Waals surface area contributed by atoms with Gasteiger partial charge in [-0.05, 0) is 54.6 Å². The van der Waals surface area contributed by atoms with Gasteiger partial charge in [-0.15, -0.1) is 11.8 Å². The molecule has 0 saturated heterocycles. The molecule has 0 radical (unpaired) electrons. The minimum atomic E-state index is -0.240. The molecule has 2 amide bonds. The lowest BCUT2D eigenvalue weighted by Crippen LogP contribution is -2.14. The molecule has 8 heteroatoms. The van der Waals surface area contributed by atoms with E-state index >= 15 is 0 Å². The van der Waals surface area contributed by atoms with Gasteiger partial charge >= 0.3 is 0 Å². The van der Waals surface area contributed by atoms with Gasteiger partial charge in [-0.25, -0.2) is 0 Å². The molecule has 0 aromatic heterocycles. The smallest absolute Gasteiger partial charge is 0.255 e. The first kappa shape index (κ1) is 22.5. The molecule has 0 aliphatic rings. The first-order valence-corrected chi connectivity index (χ1v) is 10.7. The van der Waals surface area contributed by atoms with Gasteiger partial charge < -0.3 is 20.1 Å². The van der Waals surface area contributed by atoms with Gasteiger partial charge in [0.05, 0.1) is 25.7 Å². The molecule has 0 heterocycles. The van der Waals surface area contributed by atoms with Crippen molar-refractivity contribution < 1.29 is 19.1 Å². The minimum Gasteiger partial charge on any atom is -0.497 e. The highest BCUT2D eigenvalue weighted by atomic mass is 35.5. The first-order chi connectivity index (χ1) is 15.0. The Morgan fingerprint density at radius 3 is 2.39 bits per heavy atom. The van der Waals surface area contributed by atoms with Crippen LogP contribution >= 0.6 is 23.4 Å². The molecule has 3 aromatic rings. The van der Waals surface area contributed by atoms with Crippen molar-refractivity contribution in [3.63, 3.8) is 0 Å². The van der Waals surface area contributed by atoms with Crippen molar-refractivity contribution in [2.45, 2.75) is 4.90 Å². The Bertz CT molecular complexity index is 1070. The summed E-state index contributed by atoms with van der Waals surface area (Å²) in [7, 11) is 3.10. The number of hydrogen-bond acceptors (Lipinski definition) is 5. The van der Waals surface area contributed by atoms with Crippen LogP contribution in [0.1, 0.15) is 10.4 Å². The van der Waals surface area contributed by atoms with E-state index in [2.05, 4.69) is 10.6 Å². The van der Waals surface area contributed by atoms with E-state index in [0.717, 1.165) is 4.90 Å². The van der Waals surface area contributed by atoms with E-state index in [4.69, 9.17) is 21.1 Å².